The normalized spacial score (nSPS) is 9.91. The van der Waals surface area contributed by atoms with E-state index in [1.807, 2.05) is 11.4 Å². The molecule has 0 unspecified atom stereocenters. The summed E-state index contributed by atoms with van der Waals surface area (Å²) in [6, 6.07) is 7.27. The minimum atomic E-state index is -1.04. The van der Waals surface area contributed by atoms with Gasteiger partial charge >= 0.3 is 6.03 Å². The number of primary amides is 1. The highest BCUT2D eigenvalue weighted by molar-refractivity contribution is 7.71. The van der Waals surface area contributed by atoms with Crippen LogP contribution in [0, 0.1) is 16.0 Å². The van der Waals surface area contributed by atoms with Crippen molar-refractivity contribution in [2.75, 3.05) is 5.73 Å². The number of aromatic nitrogens is 1. The van der Waals surface area contributed by atoms with Crippen LogP contribution in [0.1, 0.15) is 15.9 Å². The molecule has 3 amide bonds. The van der Waals surface area contributed by atoms with E-state index in [1.54, 1.807) is 24.3 Å². The Morgan fingerprint density at radius 3 is 2.43 bits per heavy atom. The van der Waals surface area contributed by atoms with E-state index in [-0.39, 0.29) is 27.1 Å². The molecular weight excluding hydrogens is 338 g/mol. The van der Waals surface area contributed by atoms with Crippen molar-refractivity contribution in [2.45, 2.75) is 0 Å². The average molecular weight is 348 g/mol. The Kier molecular flexibility index (Phi) is 4.64. The van der Waals surface area contributed by atoms with Crippen molar-refractivity contribution in [3.63, 3.8) is 0 Å². The molecule has 7 nitrogen and oxygen atoms in total. The third-order valence-corrected chi connectivity index (χ3v) is 3.51. The molecule has 1 heterocycles. The number of carbonyl (C=O) groups is 2. The molecule has 0 aliphatic heterocycles. The van der Waals surface area contributed by atoms with E-state index >= 15 is 0 Å². The number of nitrogen functional groups attached to an aromatic ring is 1. The van der Waals surface area contributed by atoms with Gasteiger partial charge in [-0.1, -0.05) is 36.0 Å². The fraction of sp³-hybridized carbons (Fsp3) is 0. The maximum atomic E-state index is 12.2. The zero-order valence-electron chi connectivity index (χ0n) is 11.5. The number of rotatable bonds is 2. The number of nitrogens with two attached hydrogens (primary N) is 2. The number of H-pyrrole nitrogens is 1. The van der Waals surface area contributed by atoms with Crippen LogP contribution >= 0.6 is 23.8 Å². The van der Waals surface area contributed by atoms with Crippen LogP contribution in [0.3, 0.4) is 0 Å². The van der Waals surface area contributed by atoms with Gasteiger partial charge in [0.2, 0.25) is 0 Å². The first kappa shape index (κ1) is 16.5. The fourth-order valence-corrected chi connectivity index (χ4v) is 2.43. The molecular formula is C14H10ClN5O2S. The Morgan fingerprint density at radius 2 is 1.91 bits per heavy atom. The number of nitrogens with one attached hydrogen (secondary N) is 2. The van der Waals surface area contributed by atoms with E-state index in [4.69, 9.17) is 35.3 Å². The Hall–Kier alpha value is -2.89. The molecule has 1 aromatic carbocycles. The number of aromatic amines is 1. The maximum Gasteiger partial charge on any atom is 0.319 e. The number of anilines is 1. The highest BCUT2D eigenvalue weighted by atomic mass is 35.5. The van der Waals surface area contributed by atoms with Crippen molar-refractivity contribution in [1.82, 2.24) is 10.3 Å². The lowest BCUT2D eigenvalue weighted by molar-refractivity contribution is 0.0967. The molecule has 0 radical (unpaired) electrons. The van der Waals surface area contributed by atoms with Gasteiger partial charge in [0.15, 0.2) is 0 Å². The van der Waals surface area contributed by atoms with Crippen LogP contribution < -0.4 is 16.8 Å². The molecule has 2 aromatic rings. The molecule has 0 aliphatic rings. The van der Waals surface area contributed by atoms with Crippen molar-refractivity contribution in [3.8, 4) is 17.2 Å². The summed E-state index contributed by atoms with van der Waals surface area (Å²) in [5.41, 5.74) is 11.4. The Bertz CT molecular complexity index is 899. The van der Waals surface area contributed by atoms with Gasteiger partial charge in [0.05, 0.1) is 11.1 Å². The SMILES string of the molecule is N#Cc1c(-c2ccc(Cl)cc2)c(C(=O)NC(N)=O)c(N)[nH]c1=S. The van der Waals surface area contributed by atoms with Crippen molar-refractivity contribution in [1.29, 1.82) is 5.26 Å². The minimum Gasteiger partial charge on any atom is -0.385 e. The molecule has 1 aromatic heterocycles. The Morgan fingerprint density at radius 1 is 1.30 bits per heavy atom. The summed E-state index contributed by atoms with van der Waals surface area (Å²) >= 11 is 10.9. The molecule has 6 N–H and O–H groups in total. The molecule has 0 saturated heterocycles. The monoisotopic (exact) mass is 347 g/mol. The molecule has 116 valence electrons. The van der Waals surface area contributed by atoms with Crippen LogP contribution in [0.4, 0.5) is 10.6 Å². The third kappa shape index (κ3) is 3.31. The van der Waals surface area contributed by atoms with E-state index in [2.05, 4.69) is 4.98 Å². The summed E-state index contributed by atoms with van der Waals surface area (Å²) in [6.07, 6.45) is 0. The zero-order valence-corrected chi connectivity index (χ0v) is 13.1. The second kappa shape index (κ2) is 6.48. The zero-order chi connectivity index (χ0) is 17.1. The van der Waals surface area contributed by atoms with Crippen LogP contribution in [0.5, 0.6) is 0 Å². The first-order valence-corrected chi connectivity index (χ1v) is 6.96. The molecule has 0 atom stereocenters. The number of hydrogen-bond donors (Lipinski definition) is 4. The first-order chi connectivity index (χ1) is 10.8. The van der Waals surface area contributed by atoms with E-state index < -0.39 is 11.9 Å². The third-order valence-electron chi connectivity index (χ3n) is 2.95. The van der Waals surface area contributed by atoms with Gasteiger partial charge in [0.25, 0.3) is 5.91 Å². The van der Waals surface area contributed by atoms with Crippen molar-refractivity contribution in [3.05, 3.63) is 45.1 Å². The lowest BCUT2D eigenvalue weighted by Gasteiger charge is -2.13. The lowest BCUT2D eigenvalue weighted by atomic mass is 9.96. The summed E-state index contributed by atoms with van der Waals surface area (Å²) in [6.45, 7) is 0. The molecule has 0 spiro atoms. The number of nitrogens with zero attached hydrogens (tertiary/aromatic N) is 1. The molecule has 0 aliphatic carbocycles. The number of imide groups is 1. The summed E-state index contributed by atoms with van der Waals surface area (Å²) in [5, 5.41) is 11.8. The minimum absolute atomic E-state index is 0.0474. The van der Waals surface area contributed by atoms with Gasteiger partial charge in [-0.2, -0.15) is 5.26 Å². The second-order valence-electron chi connectivity index (χ2n) is 4.43. The van der Waals surface area contributed by atoms with E-state index in [1.165, 1.54) is 0 Å². The smallest absolute Gasteiger partial charge is 0.319 e. The number of nitriles is 1. The molecule has 9 heteroatoms. The fourth-order valence-electron chi connectivity index (χ4n) is 2.04. The molecule has 2 rings (SSSR count). The molecule has 23 heavy (non-hydrogen) atoms. The largest absolute Gasteiger partial charge is 0.385 e. The van der Waals surface area contributed by atoms with Gasteiger partial charge < -0.3 is 16.5 Å². The van der Waals surface area contributed by atoms with Crippen molar-refractivity contribution < 1.29 is 9.59 Å². The lowest BCUT2D eigenvalue weighted by Crippen LogP contribution is -2.36. The topological polar surface area (TPSA) is 138 Å². The summed E-state index contributed by atoms with van der Waals surface area (Å²) < 4.78 is 0.0746. The summed E-state index contributed by atoms with van der Waals surface area (Å²) in [7, 11) is 0. The van der Waals surface area contributed by atoms with E-state index in [0.717, 1.165) is 0 Å². The van der Waals surface area contributed by atoms with Crippen LogP contribution in [0.25, 0.3) is 11.1 Å². The number of benzene rings is 1. The Labute approximate surface area is 140 Å². The highest BCUT2D eigenvalue weighted by Crippen LogP contribution is 2.31. The molecule has 0 saturated carbocycles. The molecule has 0 bridgehead atoms. The van der Waals surface area contributed by atoms with E-state index in [0.29, 0.717) is 10.6 Å². The number of carbonyl (C=O) groups excluding carboxylic acids is 2. The number of halogens is 1. The second-order valence-corrected chi connectivity index (χ2v) is 5.27. The van der Waals surface area contributed by atoms with E-state index in [9.17, 15) is 14.9 Å². The standard InChI is InChI=1S/C14H10ClN5O2S/c15-7-3-1-6(2-4-7)9-8(5-16)13(23)19-11(17)10(9)12(21)20-14(18)22/h1-4H,(H3,17,19,23)(H3,18,20,21,22). The van der Waals surface area contributed by atoms with Crippen LogP contribution in [0.2, 0.25) is 5.02 Å². The number of hydrogen-bond acceptors (Lipinski definition) is 5. The summed E-state index contributed by atoms with van der Waals surface area (Å²) in [5.74, 6) is -0.930. The first-order valence-electron chi connectivity index (χ1n) is 6.17. The predicted molar refractivity (Wildman–Crippen MR) is 88.2 cm³/mol. The van der Waals surface area contributed by atoms with Crippen LogP contribution in [-0.2, 0) is 0 Å². The van der Waals surface area contributed by atoms with Crippen molar-refractivity contribution in [2.24, 2.45) is 5.73 Å². The van der Waals surface area contributed by atoms with Crippen LogP contribution in [-0.4, -0.2) is 16.9 Å². The van der Waals surface area contributed by atoms with Gasteiger partial charge in [0, 0.05) is 10.6 Å². The van der Waals surface area contributed by atoms with Gasteiger partial charge in [0.1, 0.15) is 16.5 Å². The quantitative estimate of drug-likeness (QED) is 0.617. The van der Waals surface area contributed by atoms with Crippen LogP contribution in [0.15, 0.2) is 24.3 Å². The Balaban J connectivity index is 2.83. The highest BCUT2D eigenvalue weighted by Gasteiger charge is 2.22. The maximum absolute atomic E-state index is 12.2. The van der Waals surface area contributed by atoms with Gasteiger partial charge in [-0.05, 0) is 17.7 Å². The molecule has 0 fully saturated rings. The summed E-state index contributed by atoms with van der Waals surface area (Å²) in [4.78, 5) is 25.7. The van der Waals surface area contributed by atoms with Gasteiger partial charge in [-0.15, -0.1) is 0 Å². The number of pyridine rings is 1. The predicted octanol–water partition coefficient (Wildman–Crippen LogP) is 2.33. The van der Waals surface area contributed by atoms with Gasteiger partial charge in [-0.25, -0.2) is 4.79 Å². The van der Waals surface area contributed by atoms with Crippen molar-refractivity contribution >= 4 is 41.6 Å². The average Bonchev–Trinajstić information content (AvgIpc) is 2.46. The number of urea groups is 1. The van der Waals surface area contributed by atoms with Gasteiger partial charge in [-0.3, -0.25) is 10.1 Å². The number of amides is 3.